The van der Waals surface area contributed by atoms with Gasteiger partial charge in [0.1, 0.15) is 13.2 Å². The van der Waals surface area contributed by atoms with Crippen LogP contribution < -0.4 is 9.47 Å². The van der Waals surface area contributed by atoms with Gasteiger partial charge in [-0.05, 0) is 42.5 Å². The zero-order chi connectivity index (χ0) is 22.7. The normalized spacial score (nSPS) is 17.2. The number of aryl methyl sites for hydroxylation is 1. The number of piperidine rings is 1. The average Bonchev–Trinajstić information content (AvgIpc) is 2.83. The largest absolute Gasteiger partial charge is 0.486 e. The van der Waals surface area contributed by atoms with E-state index in [1.54, 1.807) is 17.0 Å². The molecular formula is C24H30N2O5S. The van der Waals surface area contributed by atoms with Crippen LogP contribution in [-0.2, 0) is 27.8 Å². The number of carbonyl (C=O) groups excluding carboxylic acids is 1. The summed E-state index contributed by atoms with van der Waals surface area (Å²) in [5.74, 6) is 0.922. The molecule has 0 atom stereocenters. The summed E-state index contributed by atoms with van der Waals surface area (Å²) in [6, 6.07) is 13.0. The highest BCUT2D eigenvalue weighted by molar-refractivity contribution is 7.89. The Morgan fingerprint density at radius 1 is 1.00 bits per heavy atom. The smallest absolute Gasteiger partial charge is 0.243 e. The van der Waals surface area contributed by atoms with Gasteiger partial charge in [0, 0.05) is 38.7 Å². The summed E-state index contributed by atoms with van der Waals surface area (Å²) in [5.41, 5.74) is 2.37. The number of rotatable bonds is 6. The van der Waals surface area contributed by atoms with E-state index in [0.717, 1.165) is 12.0 Å². The highest BCUT2D eigenvalue weighted by Crippen LogP contribution is 2.34. The number of carbonyl (C=O) groups is 1. The Bertz CT molecular complexity index is 1060. The molecule has 0 N–H and O–H groups in total. The molecule has 1 fully saturated rings. The molecule has 1 amide bonds. The molecule has 0 aromatic heterocycles. The maximum Gasteiger partial charge on any atom is 0.243 e. The van der Waals surface area contributed by atoms with Crippen LogP contribution in [0.4, 0.5) is 0 Å². The Morgan fingerprint density at radius 3 is 2.28 bits per heavy atom. The van der Waals surface area contributed by atoms with Gasteiger partial charge in [-0.3, -0.25) is 4.79 Å². The first kappa shape index (κ1) is 22.6. The Morgan fingerprint density at radius 2 is 1.62 bits per heavy atom. The second-order valence-corrected chi connectivity index (χ2v) is 10.3. The van der Waals surface area contributed by atoms with Crippen LogP contribution in [-0.4, -0.2) is 56.9 Å². The first-order valence-electron chi connectivity index (χ1n) is 11.1. The number of fused-ring (bicyclic) bond motifs is 1. The summed E-state index contributed by atoms with van der Waals surface area (Å²) in [6.45, 7) is 4.18. The quantitative estimate of drug-likeness (QED) is 0.665. The van der Waals surface area contributed by atoms with Crippen LogP contribution in [0, 0.1) is 5.92 Å². The highest BCUT2D eigenvalue weighted by Gasteiger charge is 2.33. The lowest BCUT2D eigenvalue weighted by atomic mass is 9.96. The average molecular weight is 459 g/mol. The number of ether oxygens (including phenoxy) is 2. The molecule has 0 aliphatic carbocycles. The fourth-order valence-corrected chi connectivity index (χ4v) is 5.71. The van der Waals surface area contributed by atoms with E-state index < -0.39 is 10.0 Å². The zero-order valence-corrected chi connectivity index (χ0v) is 19.4. The Balaban J connectivity index is 1.36. The number of amides is 1. The fraction of sp³-hybridized carbons (Fsp3) is 0.458. The lowest BCUT2D eigenvalue weighted by Gasteiger charge is -2.32. The summed E-state index contributed by atoms with van der Waals surface area (Å²) in [6.07, 6.45) is 2.02. The molecule has 0 saturated carbocycles. The Hall–Kier alpha value is -2.58. The second kappa shape index (κ2) is 9.50. The van der Waals surface area contributed by atoms with Crippen molar-refractivity contribution < 1.29 is 22.7 Å². The van der Waals surface area contributed by atoms with Gasteiger partial charge in [-0.25, -0.2) is 8.42 Å². The van der Waals surface area contributed by atoms with E-state index >= 15 is 0 Å². The minimum Gasteiger partial charge on any atom is -0.486 e. The maximum atomic E-state index is 13.1. The van der Waals surface area contributed by atoms with Crippen LogP contribution in [0.3, 0.4) is 0 Å². The van der Waals surface area contributed by atoms with Crippen molar-refractivity contribution in [1.82, 2.24) is 9.21 Å². The summed E-state index contributed by atoms with van der Waals surface area (Å²) in [5, 5.41) is 0. The van der Waals surface area contributed by atoms with Gasteiger partial charge in [0.2, 0.25) is 15.9 Å². The zero-order valence-electron chi connectivity index (χ0n) is 18.6. The molecule has 7 nitrogen and oxygen atoms in total. The van der Waals surface area contributed by atoms with Crippen molar-refractivity contribution >= 4 is 15.9 Å². The molecule has 2 aromatic rings. The van der Waals surface area contributed by atoms with E-state index in [4.69, 9.17) is 9.47 Å². The minimum absolute atomic E-state index is 0.0703. The van der Waals surface area contributed by atoms with E-state index in [0.29, 0.717) is 57.2 Å². The molecule has 8 heteroatoms. The van der Waals surface area contributed by atoms with Gasteiger partial charge < -0.3 is 14.4 Å². The van der Waals surface area contributed by atoms with Gasteiger partial charge in [-0.1, -0.05) is 31.2 Å². The molecule has 0 spiro atoms. The first-order valence-corrected chi connectivity index (χ1v) is 12.5. The monoisotopic (exact) mass is 458 g/mol. The molecule has 0 unspecified atom stereocenters. The van der Waals surface area contributed by atoms with Crippen molar-refractivity contribution in [2.45, 2.75) is 37.6 Å². The van der Waals surface area contributed by atoms with Crippen molar-refractivity contribution in [3.05, 3.63) is 53.6 Å². The van der Waals surface area contributed by atoms with E-state index in [1.165, 1.54) is 15.9 Å². The Labute approximate surface area is 190 Å². The first-order chi connectivity index (χ1) is 15.4. The number of benzene rings is 2. The SMILES string of the molecule is CCc1ccc(CN(C)C(=O)C2CCN(S(=O)(=O)c3ccc4c(c3)OCCO4)CC2)cc1. The number of nitrogens with zero attached hydrogens (tertiary/aromatic N) is 2. The van der Waals surface area contributed by atoms with E-state index in [1.807, 2.05) is 7.05 Å². The van der Waals surface area contributed by atoms with E-state index in [9.17, 15) is 13.2 Å². The molecule has 2 heterocycles. The number of hydrogen-bond donors (Lipinski definition) is 0. The van der Waals surface area contributed by atoms with E-state index in [-0.39, 0.29) is 16.7 Å². The van der Waals surface area contributed by atoms with Crippen LogP contribution in [0.2, 0.25) is 0 Å². The minimum atomic E-state index is -3.65. The maximum absolute atomic E-state index is 13.1. The van der Waals surface area contributed by atoms with Gasteiger partial charge in [0.25, 0.3) is 0 Å². The molecule has 172 valence electrons. The van der Waals surface area contributed by atoms with Gasteiger partial charge in [-0.15, -0.1) is 0 Å². The molecule has 32 heavy (non-hydrogen) atoms. The number of sulfonamides is 1. The second-order valence-electron chi connectivity index (χ2n) is 8.35. The van der Waals surface area contributed by atoms with Crippen LogP contribution >= 0.6 is 0 Å². The predicted molar refractivity (Wildman–Crippen MR) is 121 cm³/mol. The molecule has 2 aliphatic heterocycles. The van der Waals surface area contributed by atoms with E-state index in [2.05, 4.69) is 31.2 Å². The molecule has 2 aliphatic rings. The summed E-state index contributed by atoms with van der Waals surface area (Å²) in [7, 11) is -1.83. The third-order valence-corrected chi connectivity index (χ3v) is 8.08. The van der Waals surface area contributed by atoms with Crippen molar-refractivity contribution in [2.24, 2.45) is 5.92 Å². The van der Waals surface area contributed by atoms with Crippen molar-refractivity contribution in [1.29, 1.82) is 0 Å². The van der Waals surface area contributed by atoms with Crippen LogP contribution in [0.15, 0.2) is 47.4 Å². The molecule has 0 radical (unpaired) electrons. The summed E-state index contributed by atoms with van der Waals surface area (Å²) < 4.78 is 38.7. The Kier molecular flexibility index (Phi) is 6.71. The fourth-order valence-electron chi connectivity index (χ4n) is 4.22. The van der Waals surface area contributed by atoms with Crippen LogP contribution in [0.1, 0.15) is 30.9 Å². The topological polar surface area (TPSA) is 76.2 Å². The predicted octanol–water partition coefficient (Wildman–Crippen LogP) is 3.08. The molecule has 2 aromatic carbocycles. The standard InChI is InChI=1S/C24H30N2O5S/c1-3-18-4-6-19(7-5-18)17-25(2)24(27)20-10-12-26(13-11-20)32(28,29)21-8-9-22-23(16-21)31-15-14-30-22/h4-9,16,20H,3,10-15,17H2,1-2H3. The third kappa shape index (κ3) is 4.76. The van der Waals surface area contributed by atoms with Crippen LogP contribution in [0.5, 0.6) is 11.5 Å². The molecule has 4 rings (SSSR count). The van der Waals surface area contributed by atoms with Crippen molar-refractivity contribution in [3.63, 3.8) is 0 Å². The lowest BCUT2D eigenvalue weighted by molar-refractivity contribution is -0.135. The molecule has 1 saturated heterocycles. The van der Waals surface area contributed by atoms with Crippen molar-refractivity contribution in [2.75, 3.05) is 33.4 Å². The van der Waals surface area contributed by atoms with Gasteiger partial charge in [0.05, 0.1) is 4.90 Å². The summed E-state index contributed by atoms with van der Waals surface area (Å²) in [4.78, 5) is 14.9. The van der Waals surface area contributed by atoms with Crippen molar-refractivity contribution in [3.8, 4) is 11.5 Å². The van der Waals surface area contributed by atoms with Gasteiger partial charge in [-0.2, -0.15) is 4.31 Å². The highest BCUT2D eigenvalue weighted by atomic mass is 32.2. The number of hydrogen-bond acceptors (Lipinski definition) is 5. The summed E-state index contributed by atoms with van der Waals surface area (Å²) >= 11 is 0. The lowest BCUT2D eigenvalue weighted by Crippen LogP contribution is -2.43. The van der Waals surface area contributed by atoms with Gasteiger partial charge in [0.15, 0.2) is 11.5 Å². The molecular weight excluding hydrogens is 428 g/mol. The van der Waals surface area contributed by atoms with Crippen LogP contribution in [0.25, 0.3) is 0 Å². The molecule has 0 bridgehead atoms. The van der Waals surface area contributed by atoms with Gasteiger partial charge >= 0.3 is 0 Å². The third-order valence-electron chi connectivity index (χ3n) is 6.18.